The molecule has 0 aromatic heterocycles. The molecular formula is C16H25NO3S. The summed E-state index contributed by atoms with van der Waals surface area (Å²) in [6, 6.07) is 8.22. The number of nitrogens with zero attached hydrogens (tertiary/aromatic N) is 1. The second kappa shape index (κ2) is 6.79. The van der Waals surface area contributed by atoms with Crippen molar-refractivity contribution < 1.29 is 13.2 Å². The normalized spacial score (nSPS) is 22.7. The van der Waals surface area contributed by atoms with E-state index in [4.69, 9.17) is 4.74 Å². The van der Waals surface area contributed by atoms with Crippen molar-refractivity contribution in [3.8, 4) is 5.75 Å². The molecule has 2 atom stereocenters. The first-order chi connectivity index (χ1) is 9.91. The van der Waals surface area contributed by atoms with Gasteiger partial charge in [0.15, 0.2) is 9.84 Å². The van der Waals surface area contributed by atoms with Gasteiger partial charge in [-0.15, -0.1) is 0 Å². The number of rotatable bonds is 6. The summed E-state index contributed by atoms with van der Waals surface area (Å²) in [5.41, 5.74) is 1.25. The van der Waals surface area contributed by atoms with Gasteiger partial charge in [0.1, 0.15) is 5.75 Å². The number of hydrogen-bond donors (Lipinski definition) is 0. The second-order valence-corrected chi connectivity index (χ2v) is 8.21. The topological polar surface area (TPSA) is 46.6 Å². The van der Waals surface area contributed by atoms with Crippen LogP contribution in [0.2, 0.25) is 0 Å². The zero-order chi connectivity index (χ0) is 15.5. The van der Waals surface area contributed by atoms with Crippen LogP contribution in [0.1, 0.15) is 24.8 Å². The molecule has 1 aliphatic carbocycles. The van der Waals surface area contributed by atoms with E-state index in [0.29, 0.717) is 0 Å². The first-order valence-corrected chi connectivity index (χ1v) is 9.39. The van der Waals surface area contributed by atoms with Gasteiger partial charge in [-0.2, -0.15) is 0 Å². The van der Waals surface area contributed by atoms with Crippen molar-refractivity contribution in [1.82, 2.24) is 4.90 Å². The number of hydrogen-bond acceptors (Lipinski definition) is 4. The summed E-state index contributed by atoms with van der Waals surface area (Å²) in [7, 11) is 0.753. The molecule has 0 unspecified atom stereocenters. The highest BCUT2D eigenvalue weighted by Crippen LogP contribution is 2.28. The van der Waals surface area contributed by atoms with E-state index < -0.39 is 9.84 Å². The second-order valence-electron chi connectivity index (χ2n) is 5.94. The number of sulfone groups is 1. The lowest BCUT2D eigenvalue weighted by molar-refractivity contribution is 0.249. The summed E-state index contributed by atoms with van der Waals surface area (Å²) in [5.74, 6) is 0.861. The van der Waals surface area contributed by atoms with Crippen LogP contribution in [0.15, 0.2) is 24.3 Å². The van der Waals surface area contributed by atoms with E-state index >= 15 is 0 Å². The van der Waals surface area contributed by atoms with Crippen molar-refractivity contribution in [3.63, 3.8) is 0 Å². The number of benzene rings is 1. The Labute approximate surface area is 128 Å². The summed E-state index contributed by atoms with van der Waals surface area (Å²) in [4.78, 5) is 2.21. The molecular weight excluding hydrogens is 286 g/mol. The van der Waals surface area contributed by atoms with Crippen LogP contribution >= 0.6 is 0 Å². The molecule has 0 spiro atoms. The largest absolute Gasteiger partial charge is 0.497 e. The van der Waals surface area contributed by atoms with Crippen LogP contribution < -0.4 is 4.74 Å². The Morgan fingerprint density at radius 3 is 2.48 bits per heavy atom. The van der Waals surface area contributed by atoms with Gasteiger partial charge >= 0.3 is 0 Å². The Morgan fingerprint density at radius 1 is 1.24 bits per heavy atom. The third-order valence-corrected chi connectivity index (χ3v) is 6.10. The summed E-state index contributed by atoms with van der Waals surface area (Å²) >= 11 is 0. The van der Waals surface area contributed by atoms with E-state index in [9.17, 15) is 8.42 Å². The lowest BCUT2D eigenvalue weighted by Crippen LogP contribution is -2.42. The standard InChI is InChI=1S/C16H25NO3S/c1-17(15-5-4-6-16(15)21(3,18)19)12-11-13-7-9-14(20-2)10-8-13/h7-10,15-16H,4-6,11-12H2,1-3H3/t15-,16-/m1/s1. The van der Waals surface area contributed by atoms with Crippen molar-refractivity contribution in [2.24, 2.45) is 0 Å². The van der Waals surface area contributed by atoms with Crippen molar-refractivity contribution in [2.75, 3.05) is 27.0 Å². The third-order valence-electron chi connectivity index (χ3n) is 4.45. The van der Waals surface area contributed by atoms with Gasteiger partial charge in [0.05, 0.1) is 12.4 Å². The van der Waals surface area contributed by atoms with Crippen LogP contribution in [0, 0.1) is 0 Å². The molecule has 0 bridgehead atoms. The van der Waals surface area contributed by atoms with Crippen molar-refractivity contribution in [2.45, 2.75) is 37.0 Å². The van der Waals surface area contributed by atoms with Gasteiger partial charge in [-0.3, -0.25) is 0 Å². The molecule has 4 nitrogen and oxygen atoms in total. The monoisotopic (exact) mass is 311 g/mol. The van der Waals surface area contributed by atoms with Crippen LogP contribution in [0.4, 0.5) is 0 Å². The molecule has 0 N–H and O–H groups in total. The maximum absolute atomic E-state index is 11.9. The Balaban J connectivity index is 1.93. The van der Waals surface area contributed by atoms with E-state index in [0.717, 1.165) is 38.0 Å². The van der Waals surface area contributed by atoms with Gasteiger partial charge in [-0.05, 0) is 44.0 Å². The summed E-state index contributed by atoms with van der Waals surface area (Å²) in [5, 5.41) is -0.196. The molecule has 1 aromatic rings. The van der Waals surface area contributed by atoms with Gasteiger partial charge in [0.25, 0.3) is 0 Å². The third kappa shape index (κ3) is 4.20. The van der Waals surface area contributed by atoms with Crippen LogP contribution in [0.3, 0.4) is 0 Å². The first-order valence-electron chi connectivity index (χ1n) is 7.44. The number of methoxy groups -OCH3 is 1. The highest BCUT2D eigenvalue weighted by atomic mass is 32.2. The summed E-state index contributed by atoms with van der Waals surface area (Å²) < 4.78 is 28.9. The molecule has 1 aliphatic rings. The van der Waals surface area contributed by atoms with E-state index in [2.05, 4.69) is 17.0 Å². The molecule has 0 amide bonds. The first kappa shape index (κ1) is 16.3. The maximum Gasteiger partial charge on any atom is 0.151 e. The summed E-state index contributed by atoms with van der Waals surface area (Å²) in [6.45, 7) is 0.878. The lowest BCUT2D eigenvalue weighted by atomic mass is 10.1. The van der Waals surface area contributed by atoms with Gasteiger partial charge in [-0.25, -0.2) is 8.42 Å². The molecule has 1 aromatic carbocycles. The van der Waals surface area contributed by atoms with Crippen LogP contribution in [-0.2, 0) is 16.3 Å². The smallest absolute Gasteiger partial charge is 0.151 e. The summed E-state index contributed by atoms with van der Waals surface area (Å²) in [6.07, 6.45) is 5.09. The molecule has 0 radical (unpaired) electrons. The van der Waals surface area contributed by atoms with Crippen molar-refractivity contribution >= 4 is 9.84 Å². The average Bonchev–Trinajstić information content (AvgIpc) is 2.95. The number of likely N-dealkylation sites (N-methyl/N-ethyl adjacent to an activating group) is 1. The minimum absolute atomic E-state index is 0.165. The van der Waals surface area contributed by atoms with Crippen LogP contribution in [-0.4, -0.2) is 51.6 Å². The molecule has 0 heterocycles. The van der Waals surface area contributed by atoms with Gasteiger partial charge in [-0.1, -0.05) is 18.6 Å². The highest BCUT2D eigenvalue weighted by molar-refractivity contribution is 7.91. The Morgan fingerprint density at radius 2 is 1.90 bits per heavy atom. The predicted octanol–water partition coefficient (Wildman–Crippen LogP) is 2.14. The predicted molar refractivity (Wildman–Crippen MR) is 85.6 cm³/mol. The molecule has 21 heavy (non-hydrogen) atoms. The van der Waals surface area contributed by atoms with Crippen molar-refractivity contribution in [3.05, 3.63) is 29.8 Å². The van der Waals surface area contributed by atoms with Gasteiger partial charge < -0.3 is 9.64 Å². The molecule has 118 valence electrons. The van der Waals surface area contributed by atoms with E-state index in [1.165, 1.54) is 11.8 Å². The van der Waals surface area contributed by atoms with E-state index in [1.807, 2.05) is 19.2 Å². The molecule has 0 aliphatic heterocycles. The van der Waals surface area contributed by atoms with Crippen LogP contribution in [0.5, 0.6) is 5.75 Å². The Kier molecular flexibility index (Phi) is 5.27. The maximum atomic E-state index is 11.9. The molecule has 0 saturated heterocycles. The van der Waals surface area contributed by atoms with Gasteiger partial charge in [0.2, 0.25) is 0 Å². The van der Waals surface area contributed by atoms with Gasteiger partial charge in [0, 0.05) is 18.8 Å². The number of ether oxygens (including phenoxy) is 1. The van der Waals surface area contributed by atoms with E-state index in [1.54, 1.807) is 7.11 Å². The highest BCUT2D eigenvalue weighted by Gasteiger charge is 2.36. The zero-order valence-electron chi connectivity index (χ0n) is 13.1. The molecule has 1 fully saturated rings. The Hall–Kier alpha value is -1.07. The van der Waals surface area contributed by atoms with Crippen LogP contribution in [0.25, 0.3) is 0 Å². The average molecular weight is 311 g/mol. The van der Waals surface area contributed by atoms with E-state index in [-0.39, 0.29) is 11.3 Å². The van der Waals surface area contributed by atoms with Crippen molar-refractivity contribution in [1.29, 1.82) is 0 Å². The molecule has 1 saturated carbocycles. The quantitative estimate of drug-likeness (QED) is 0.807. The fourth-order valence-electron chi connectivity index (χ4n) is 3.17. The molecule has 2 rings (SSSR count). The minimum Gasteiger partial charge on any atom is -0.497 e. The zero-order valence-corrected chi connectivity index (χ0v) is 13.9. The lowest BCUT2D eigenvalue weighted by Gasteiger charge is -2.28. The SMILES string of the molecule is COc1ccc(CCN(C)[C@@H]2CCC[C@H]2S(C)(=O)=O)cc1. The fourth-order valence-corrected chi connectivity index (χ4v) is 4.68. The fraction of sp³-hybridized carbons (Fsp3) is 0.625. The molecule has 5 heteroatoms. The minimum atomic E-state index is -2.95. The Bertz CT molecular complexity index is 553.